The van der Waals surface area contributed by atoms with Crippen molar-refractivity contribution in [2.24, 2.45) is 0 Å². The van der Waals surface area contributed by atoms with E-state index >= 15 is 13.2 Å². The van der Waals surface area contributed by atoms with E-state index in [1.165, 1.54) is 0 Å². The maximum atomic E-state index is 17.5. The fourth-order valence-corrected chi connectivity index (χ4v) is 8.75. The van der Waals surface area contributed by atoms with E-state index in [1.54, 1.807) is 36.4 Å². The third kappa shape index (κ3) is 8.28. The highest BCUT2D eigenvalue weighted by Gasteiger charge is 2.29. The minimum absolute atomic E-state index is 0.274. The lowest BCUT2D eigenvalue weighted by Gasteiger charge is -2.28. The van der Waals surface area contributed by atoms with Crippen molar-refractivity contribution in [2.75, 3.05) is 14.7 Å². The third-order valence-corrected chi connectivity index (χ3v) is 11.9. The molecule has 0 N–H and O–H groups in total. The van der Waals surface area contributed by atoms with Gasteiger partial charge in [-0.25, -0.2) is 13.2 Å². The molecule has 0 amide bonds. The first-order valence-electron chi connectivity index (χ1n) is 22.1. The molecule has 1 aliphatic carbocycles. The Labute approximate surface area is 383 Å². The number of nitrogens with zero attached hydrogens (tertiary/aromatic N) is 3. The molecule has 0 saturated carbocycles. The Bertz CT molecular complexity index is 2890. The molecule has 0 unspecified atom stereocenters. The molecule has 0 heterocycles. The maximum absolute atomic E-state index is 17.5. The largest absolute Gasteiger partial charge is 0.311 e. The Morgan fingerprint density at radius 2 is 0.530 bits per heavy atom. The van der Waals surface area contributed by atoms with Crippen LogP contribution in [0, 0.1) is 17.5 Å². The number of allylic oxidation sites excluding steroid dienone is 3. The van der Waals surface area contributed by atoms with Gasteiger partial charge in [0.15, 0.2) is 0 Å². The average Bonchev–Trinajstić information content (AvgIpc) is 3.38. The molecular weight excluding hydrogens is 820 g/mol. The van der Waals surface area contributed by atoms with Crippen molar-refractivity contribution < 1.29 is 13.2 Å². The molecule has 0 saturated heterocycles. The van der Waals surface area contributed by atoms with Crippen molar-refractivity contribution in [1.29, 1.82) is 0 Å². The van der Waals surface area contributed by atoms with Gasteiger partial charge in [-0.05, 0) is 133 Å². The summed E-state index contributed by atoms with van der Waals surface area (Å²) >= 11 is 0. The molecule has 320 valence electrons. The van der Waals surface area contributed by atoms with Gasteiger partial charge >= 0.3 is 0 Å². The topological polar surface area (TPSA) is 9.72 Å². The minimum Gasteiger partial charge on any atom is -0.311 e. The lowest BCUT2D eigenvalue weighted by Crippen LogP contribution is -2.16. The molecule has 9 aromatic rings. The molecule has 6 heteroatoms. The number of rotatable bonds is 12. The summed E-state index contributed by atoms with van der Waals surface area (Å²) in [6.07, 6.45) is 8.29. The molecular formula is C60H44F3N3. The third-order valence-electron chi connectivity index (χ3n) is 11.9. The van der Waals surface area contributed by atoms with Crippen LogP contribution in [0.25, 0.3) is 33.4 Å². The quantitative estimate of drug-likeness (QED) is 0.121. The number of para-hydroxylation sites is 5. The normalized spacial score (nSPS) is 12.1. The van der Waals surface area contributed by atoms with Gasteiger partial charge in [0.05, 0.1) is 16.7 Å². The van der Waals surface area contributed by atoms with Gasteiger partial charge in [0.2, 0.25) is 0 Å². The molecule has 0 spiro atoms. The van der Waals surface area contributed by atoms with Crippen molar-refractivity contribution in [2.45, 2.75) is 12.8 Å². The first kappa shape index (κ1) is 41.6. The summed E-state index contributed by atoms with van der Waals surface area (Å²) in [4.78, 5) is 6.28. The van der Waals surface area contributed by atoms with Crippen LogP contribution in [0.2, 0.25) is 0 Å². The first-order valence-corrected chi connectivity index (χ1v) is 22.1. The summed E-state index contributed by atoms with van der Waals surface area (Å²) in [5, 5.41) is 0. The number of hydrogen-bond donors (Lipinski definition) is 0. The zero-order chi connectivity index (χ0) is 44.8. The summed E-state index contributed by atoms with van der Waals surface area (Å²) in [6, 6.07) is 71.0. The van der Waals surface area contributed by atoms with Crippen LogP contribution < -0.4 is 14.7 Å². The second-order valence-electron chi connectivity index (χ2n) is 16.0. The molecule has 9 aromatic carbocycles. The smallest absolute Gasteiger partial charge is 0.144 e. The van der Waals surface area contributed by atoms with Crippen LogP contribution in [0.15, 0.2) is 248 Å². The lowest BCUT2D eigenvalue weighted by molar-refractivity contribution is 0.557. The van der Waals surface area contributed by atoms with Crippen molar-refractivity contribution >= 4 is 45.5 Å². The van der Waals surface area contributed by atoms with E-state index in [-0.39, 0.29) is 33.4 Å². The predicted octanol–water partition coefficient (Wildman–Crippen LogP) is 17.4. The van der Waals surface area contributed by atoms with Gasteiger partial charge in [0.25, 0.3) is 0 Å². The predicted molar refractivity (Wildman–Crippen MR) is 267 cm³/mol. The van der Waals surface area contributed by atoms with Crippen LogP contribution >= 0.6 is 0 Å². The van der Waals surface area contributed by atoms with Crippen molar-refractivity contribution in [3.63, 3.8) is 0 Å². The van der Waals surface area contributed by atoms with E-state index in [2.05, 4.69) is 32.9 Å². The van der Waals surface area contributed by atoms with E-state index < -0.39 is 17.5 Å². The van der Waals surface area contributed by atoms with E-state index in [1.807, 2.05) is 188 Å². The number of halogens is 3. The van der Waals surface area contributed by atoms with Gasteiger partial charge in [-0.15, -0.1) is 0 Å². The monoisotopic (exact) mass is 863 g/mol. The van der Waals surface area contributed by atoms with Crippen LogP contribution in [0.4, 0.5) is 58.7 Å². The second-order valence-corrected chi connectivity index (χ2v) is 16.0. The van der Waals surface area contributed by atoms with Crippen molar-refractivity contribution in [3.8, 4) is 33.4 Å². The highest BCUT2D eigenvalue weighted by atomic mass is 19.1. The molecule has 0 fully saturated rings. The molecule has 10 rings (SSSR count). The summed E-state index contributed by atoms with van der Waals surface area (Å²) in [6.45, 7) is 0. The first-order chi connectivity index (χ1) is 32.5. The van der Waals surface area contributed by atoms with Gasteiger partial charge in [0.1, 0.15) is 17.5 Å². The highest BCUT2D eigenvalue weighted by molar-refractivity contribution is 5.87. The highest BCUT2D eigenvalue weighted by Crippen LogP contribution is 2.45. The molecule has 0 aromatic heterocycles. The lowest BCUT2D eigenvalue weighted by atomic mass is 9.90. The van der Waals surface area contributed by atoms with Crippen LogP contribution in [0.5, 0.6) is 0 Å². The van der Waals surface area contributed by atoms with E-state index in [4.69, 9.17) is 0 Å². The van der Waals surface area contributed by atoms with Crippen LogP contribution in [-0.4, -0.2) is 0 Å². The van der Waals surface area contributed by atoms with Gasteiger partial charge < -0.3 is 14.7 Å². The fourth-order valence-electron chi connectivity index (χ4n) is 8.75. The zero-order valence-corrected chi connectivity index (χ0v) is 36.0. The Morgan fingerprint density at radius 1 is 0.273 bits per heavy atom. The molecule has 3 nitrogen and oxygen atoms in total. The van der Waals surface area contributed by atoms with Gasteiger partial charge in [0, 0.05) is 51.2 Å². The van der Waals surface area contributed by atoms with Crippen LogP contribution in [0.1, 0.15) is 12.8 Å². The number of benzene rings is 9. The Balaban J connectivity index is 1.11. The van der Waals surface area contributed by atoms with Gasteiger partial charge in [-0.2, -0.15) is 0 Å². The molecule has 0 radical (unpaired) electrons. The van der Waals surface area contributed by atoms with Gasteiger partial charge in [-0.3, -0.25) is 0 Å². The number of anilines is 8. The van der Waals surface area contributed by atoms with Crippen molar-refractivity contribution in [1.82, 2.24) is 0 Å². The summed E-state index contributed by atoms with van der Waals surface area (Å²) in [5.74, 6) is -2.94. The van der Waals surface area contributed by atoms with Crippen molar-refractivity contribution in [3.05, 3.63) is 266 Å². The summed E-state index contributed by atoms with van der Waals surface area (Å²) < 4.78 is 52.5. The standard InChI is InChI=1S/C60H44F3N3/c61-58-55(43-31-37-52(38-32-43)64(46-19-7-1-8-20-46)47-21-9-2-10-22-47)59(62)57(45-35-41-54(42-36-45)66(50-27-15-5-16-28-50)51-29-17-6-18-30-51)60(63)56(58)44-33-39-53(40-34-44)65(48-23-11-3-12-24-48)49-25-13-4-14-26-49/h1-5,7-17,19-42H,6,18H2. The van der Waals surface area contributed by atoms with E-state index in [0.717, 1.165) is 64.0 Å². The molecule has 0 atom stereocenters. The Morgan fingerprint density at radius 3 is 0.803 bits per heavy atom. The Kier molecular flexibility index (Phi) is 11.9. The van der Waals surface area contributed by atoms with Crippen LogP contribution in [0.3, 0.4) is 0 Å². The SMILES string of the molecule is Fc1c(-c2ccc(N(C3=CCCC=C3)c3ccccc3)cc2)c(F)c(-c2ccc(N(c3ccccc3)c3ccccc3)cc2)c(F)c1-c1ccc(N(c2ccccc2)c2ccccc2)cc1. The molecule has 0 bridgehead atoms. The molecule has 1 aliphatic rings. The molecule has 0 aliphatic heterocycles. The summed E-state index contributed by atoms with van der Waals surface area (Å²) in [5.41, 5.74) is 7.94. The van der Waals surface area contributed by atoms with E-state index in [9.17, 15) is 0 Å². The minimum atomic E-state index is -0.983. The average molecular weight is 864 g/mol. The van der Waals surface area contributed by atoms with Gasteiger partial charge in [-0.1, -0.05) is 140 Å². The maximum Gasteiger partial charge on any atom is 0.144 e. The number of hydrogen-bond acceptors (Lipinski definition) is 3. The molecule has 66 heavy (non-hydrogen) atoms. The Hall–Kier alpha value is -8.35. The second kappa shape index (κ2) is 18.8. The fraction of sp³-hybridized carbons (Fsp3) is 0.0333. The zero-order valence-electron chi connectivity index (χ0n) is 36.0. The van der Waals surface area contributed by atoms with E-state index in [0.29, 0.717) is 0 Å². The summed E-state index contributed by atoms with van der Waals surface area (Å²) in [7, 11) is 0. The van der Waals surface area contributed by atoms with Crippen LogP contribution in [-0.2, 0) is 0 Å².